The van der Waals surface area contributed by atoms with Crippen LogP contribution in [0.2, 0.25) is 0 Å². The van der Waals surface area contributed by atoms with Crippen LogP contribution in [-0.2, 0) is 9.53 Å². The number of rotatable bonds is 5. The van der Waals surface area contributed by atoms with Gasteiger partial charge in [0.25, 0.3) is 5.91 Å². The Kier molecular flexibility index (Phi) is 5.70. The summed E-state index contributed by atoms with van der Waals surface area (Å²) in [4.78, 5) is 23.4. The molecule has 0 aromatic heterocycles. The zero-order valence-corrected chi connectivity index (χ0v) is 12.4. The largest absolute Gasteiger partial charge is 0.366 e. The number of ether oxygens (including phenoxy) is 1. The van der Waals surface area contributed by atoms with Gasteiger partial charge in [-0.15, -0.1) is 0 Å². The van der Waals surface area contributed by atoms with Crippen LogP contribution in [-0.4, -0.2) is 30.6 Å². The summed E-state index contributed by atoms with van der Waals surface area (Å²) in [6, 6.07) is 6.80. The quantitative estimate of drug-likeness (QED) is 0.867. The predicted octanol–water partition coefficient (Wildman–Crippen LogP) is 2.19. The van der Waals surface area contributed by atoms with Gasteiger partial charge in [0, 0.05) is 17.8 Å². The van der Waals surface area contributed by atoms with E-state index < -0.39 is 0 Å². The smallest absolute Gasteiger partial charge is 0.251 e. The molecule has 0 heterocycles. The molecule has 0 fully saturated rings. The Morgan fingerprint density at radius 2 is 1.95 bits per heavy atom. The van der Waals surface area contributed by atoms with E-state index >= 15 is 0 Å². The monoisotopic (exact) mass is 278 g/mol. The van der Waals surface area contributed by atoms with E-state index in [1.54, 1.807) is 24.3 Å². The Morgan fingerprint density at radius 3 is 2.55 bits per heavy atom. The van der Waals surface area contributed by atoms with Crippen LogP contribution in [0.4, 0.5) is 5.69 Å². The van der Waals surface area contributed by atoms with Crippen LogP contribution in [0.25, 0.3) is 0 Å². The SMILES string of the molecule is CCNC(=O)c1cccc(NC(=O)COC(C)(C)C)c1. The average molecular weight is 278 g/mol. The van der Waals surface area contributed by atoms with Gasteiger partial charge in [-0.3, -0.25) is 9.59 Å². The average Bonchev–Trinajstić information content (AvgIpc) is 2.36. The first-order valence-corrected chi connectivity index (χ1v) is 6.64. The van der Waals surface area contributed by atoms with E-state index in [2.05, 4.69) is 10.6 Å². The Bertz CT molecular complexity index is 478. The van der Waals surface area contributed by atoms with Crippen LogP contribution < -0.4 is 10.6 Å². The second kappa shape index (κ2) is 7.05. The molecule has 1 aromatic carbocycles. The molecular weight excluding hydrogens is 256 g/mol. The van der Waals surface area contributed by atoms with Gasteiger partial charge in [0.1, 0.15) is 6.61 Å². The summed E-state index contributed by atoms with van der Waals surface area (Å²) in [5.41, 5.74) is 0.734. The predicted molar refractivity (Wildman–Crippen MR) is 78.8 cm³/mol. The number of nitrogens with one attached hydrogen (secondary N) is 2. The van der Waals surface area contributed by atoms with Crippen LogP contribution in [0, 0.1) is 0 Å². The zero-order chi connectivity index (χ0) is 15.2. The number of benzene rings is 1. The molecule has 0 aliphatic carbocycles. The van der Waals surface area contributed by atoms with Gasteiger partial charge in [-0.1, -0.05) is 6.07 Å². The van der Waals surface area contributed by atoms with Gasteiger partial charge in [-0.2, -0.15) is 0 Å². The molecule has 0 atom stereocenters. The normalized spacial score (nSPS) is 11.0. The molecule has 0 bridgehead atoms. The highest BCUT2D eigenvalue weighted by Crippen LogP contribution is 2.11. The van der Waals surface area contributed by atoms with Gasteiger partial charge in [0.15, 0.2) is 0 Å². The lowest BCUT2D eigenvalue weighted by Crippen LogP contribution is -2.27. The fourth-order valence-electron chi connectivity index (χ4n) is 1.48. The maximum atomic E-state index is 11.7. The van der Waals surface area contributed by atoms with Crippen molar-refractivity contribution in [2.75, 3.05) is 18.5 Å². The van der Waals surface area contributed by atoms with E-state index in [0.29, 0.717) is 17.8 Å². The number of hydrogen-bond acceptors (Lipinski definition) is 3. The van der Waals surface area contributed by atoms with Crippen molar-refractivity contribution in [2.45, 2.75) is 33.3 Å². The van der Waals surface area contributed by atoms with Crippen LogP contribution in [0.1, 0.15) is 38.1 Å². The molecular formula is C15H22N2O3. The lowest BCUT2D eigenvalue weighted by Gasteiger charge is -2.19. The second-order valence-electron chi connectivity index (χ2n) is 5.39. The van der Waals surface area contributed by atoms with E-state index in [1.807, 2.05) is 27.7 Å². The summed E-state index contributed by atoms with van der Waals surface area (Å²) in [5, 5.41) is 5.42. The molecule has 0 unspecified atom stereocenters. The third kappa shape index (κ3) is 5.84. The van der Waals surface area contributed by atoms with Crippen molar-refractivity contribution in [2.24, 2.45) is 0 Å². The molecule has 1 aromatic rings. The Labute approximate surface area is 119 Å². The number of amides is 2. The zero-order valence-electron chi connectivity index (χ0n) is 12.4. The molecule has 1 rings (SSSR count). The summed E-state index contributed by atoms with van der Waals surface area (Å²) >= 11 is 0. The molecule has 2 amide bonds. The molecule has 0 spiro atoms. The number of carbonyl (C=O) groups excluding carboxylic acids is 2. The van der Waals surface area contributed by atoms with E-state index in [-0.39, 0.29) is 24.0 Å². The molecule has 20 heavy (non-hydrogen) atoms. The summed E-state index contributed by atoms with van der Waals surface area (Å²) < 4.78 is 5.39. The number of hydrogen-bond donors (Lipinski definition) is 2. The van der Waals surface area contributed by atoms with Gasteiger partial charge in [-0.25, -0.2) is 0 Å². The minimum atomic E-state index is -0.361. The maximum Gasteiger partial charge on any atom is 0.251 e. The molecule has 2 N–H and O–H groups in total. The fraction of sp³-hybridized carbons (Fsp3) is 0.467. The second-order valence-corrected chi connectivity index (χ2v) is 5.39. The van der Waals surface area contributed by atoms with Crippen molar-refractivity contribution in [3.63, 3.8) is 0 Å². The molecule has 0 radical (unpaired) electrons. The third-order valence-corrected chi connectivity index (χ3v) is 2.38. The Balaban J connectivity index is 2.62. The highest BCUT2D eigenvalue weighted by molar-refractivity contribution is 5.97. The highest BCUT2D eigenvalue weighted by atomic mass is 16.5. The van der Waals surface area contributed by atoms with Gasteiger partial charge >= 0.3 is 0 Å². The van der Waals surface area contributed by atoms with E-state index in [1.165, 1.54) is 0 Å². The molecule has 0 saturated carbocycles. The van der Waals surface area contributed by atoms with Crippen molar-refractivity contribution in [3.8, 4) is 0 Å². The van der Waals surface area contributed by atoms with Gasteiger partial charge in [0.05, 0.1) is 5.60 Å². The van der Waals surface area contributed by atoms with Crippen molar-refractivity contribution in [1.29, 1.82) is 0 Å². The molecule has 5 heteroatoms. The van der Waals surface area contributed by atoms with Crippen molar-refractivity contribution in [3.05, 3.63) is 29.8 Å². The summed E-state index contributed by atoms with van der Waals surface area (Å²) in [6.07, 6.45) is 0. The topological polar surface area (TPSA) is 67.4 Å². The van der Waals surface area contributed by atoms with Crippen molar-refractivity contribution in [1.82, 2.24) is 5.32 Å². The molecule has 110 valence electrons. The summed E-state index contributed by atoms with van der Waals surface area (Å²) in [6.45, 7) is 8.05. The Hall–Kier alpha value is -1.88. The Morgan fingerprint density at radius 1 is 1.25 bits per heavy atom. The third-order valence-electron chi connectivity index (χ3n) is 2.38. The standard InChI is InChI=1S/C15H22N2O3/c1-5-16-14(19)11-7-6-8-12(9-11)17-13(18)10-20-15(2,3)4/h6-9H,5,10H2,1-4H3,(H,16,19)(H,17,18). The summed E-state index contributed by atoms with van der Waals surface area (Å²) in [5.74, 6) is -0.400. The van der Waals surface area contributed by atoms with Crippen molar-refractivity contribution >= 4 is 17.5 Å². The molecule has 0 aliphatic rings. The van der Waals surface area contributed by atoms with Crippen molar-refractivity contribution < 1.29 is 14.3 Å². The van der Waals surface area contributed by atoms with E-state index in [4.69, 9.17) is 4.74 Å². The first-order valence-electron chi connectivity index (χ1n) is 6.64. The minimum Gasteiger partial charge on any atom is -0.366 e. The van der Waals surface area contributed by atoms with Crippen LogP contribution in [0.15, 0.2) is 24.3 Å². The first kappa shape index (κ1) is 16.2. The lowest BCUT2D eigenvalue weighted by atomic mass is 10.2. The fourth-order valence-corrected chi connectivity index (χ4v) is 1.48. The van der Waals surface area contributed by atoms with E-state index in [0.717, 1.165) is 0 Å². The maximum absolute atomic E-state index is 11.7. The highest BCUT2D eigenvalue weighted by Gasteiger charge is 2.13. The summed E-state index contributed by atoms with van der Waals surface area (Å²) in [7, 11) is 0. The van der Waals surface area contributed by atoms with E-state index in [9.17, 15) is 9.59 Å². The molecule has 5 nitrogen and oxygen atoms in total. The van der Waals surface area contributed by atoms with Crippen LogP contribution in [0.3, 0.4) is 0 Å². The van der Waals surface area contributed by atoms with Crippen LogP contribution >= 0.6 is 0 Å². The first-order chi connectivity index (χ1) is 9.31. The lowest BCUT2D eigenvalue weighted by molar-refractivity contribution is -0.125. The number of carbonyl (C=O) groups is 2. The van der Waals surface area contributed by atoms with Gasteiger partial charge in [0.2, 0.25) is 5.91 Å². The van der Waals surface area contributed by atoms with Gasteiger partial charge in [-0.05, 0) is 45.9 Å². The van der Waals surface area contributed by atoms with Gasteiger partial charge < -0.3 is 15.4 Å². The van der Waals surface area contributed by atoms with Crippen LogP contribution in [0.5, 0.6) is 0 Å². The molecule has 0 saturated heterocycles. The molecule has 0 aliphatic heterocycles. The number of anilines is 1. The minimum absolute atomic E-state index is 0.0190.